The summed E-state index contributed by atoms with van der Waals surface area (Å²) in [7, 11) is 0. The second-order valence-corrected chi connectivity index (χ2v) is 6.81. The second kappa shape index (κ2) is 3.92. The molecule has 0 amide bonds. The van der Waals surface area contributed by atoms with E-state index in [9.17, 15) is 13.2 Å². The predicted molar refractivity (Wildman–Crippen MR) is 60.1 cm³/mol. The molecule has 0 radical (unpaired) electrons. The van der Waals surface area contributed by atoms with Crippen LogP contribution in [-0.4, -0.2) is 6.18 Å². The van der Waals surface area contributed by atoms with Crippen molar-refractivity contribution in [3.05, 3.63) is 0 Å². The Hall–Kier alpha value is -0.210. The van der Waals surface area contributed by atoms with E-state index in [0.717, 1.165) is 6.42 Å². The van der Waals surface area contributed by atoms with Gasteiger partial charge < -0.3 is 0 Å². The molecule has 0 saturated heterocycles. The molecule has 0 bridgehead atoms. The molecule has 0 nitrogen and oxygen atoms in total. The summed E-state index contributed by atoms with van der Waals surface area (Å²) < 4.78 is 39.3. The molecule has 0 aliphatic heterocycles. The van der Waals surface area contributed by atoms with Gasteiger partial charge >= 0.3 is 6.18 Å². The average Bonchev–Trinajstić information content (AvgIpc) is 1.97. The number of rotatable bonds is 1. The first-order valence-electron chi connectivity index (χ1n) is 6.04. The SMILES string of the molecule is CC(C)[C@@H]1CC(C)(C)CC(C)(C(F)(F)F)C1. The Morgan fingerprint density at radius 3 is 1.94 bits per heavy atom. The zero-order chi connectivity index (χ0) is 12.8. The van der Waals surface area contributed by atoms with Crippen LogP contribution < -0.4 is 0 Å². The third kappa shape index (κ3) is 2.72. The van der Waals surface area contributed by atoms with E-state index in [1.54, 1.807) is 0 Å². The lowest BCUT2D eigenvalue weighted by atomic mass is 9.58. The van der Waals surface area contributed by atoms with E-state index < -0.39 is 11.6 Å². The lowest BCUT2D eigenvalue weighted by Gasteiger charge is -2.48. The highest BCUT2D eigenvalue weighted by molar-refractivity contribution is 4.95. The standard InChI is InChI=1S/C13H23F3/c1-9(2)10-6-11(3,4)8-12(5,7-10)13(14,15)16/h9-10H,6-8H2,1-5H3/t10-,12?/m1/s1. The molecule has 0 heterocycles. The van der Waals surface area contributed by atoms with Crippen LogP contribution in [0.25, 0.3) is 0 Å². The Labute approximate surface area is 96.6 Å². The van der Waals surface area contributed by atoms with Gasteiger partial charge in [0.1, 0.15) is 0 Å². The van der Waals surface area contributed by atoms with Gasteiger partial charge in [-0.1, -0.05) is 34.6 Å². The van der Waals surface area contributed by atoms with Gasteiger partial charge in [-0.15, -0.1) is 0 Å². The smallest absolute Gasteiger partial charge is 0.171 e. The minimum atomic E-state index is -4.07. The van der Waals surface area contributed by atoms with Gasteiger partial charge in [0.2, 0.25) is 0 Å². The van der Waals surface area contributed by atoms with Crippen molar-refractivity contribution in [2.24, 2.45) is 22.7 Å². The van der Waals surface area contributed by atoms with Crippen LogP contribution in [0.3, 0.4) is 0 Å². The molecule has 16 heavy (non-hydrogen) atoms. The molecule has 1 saturated carbocycles. The molecular weight excluding hydrogens is 213 g/mol. The topological polar surface area (TPSA) is 0 Å². The van der Waals surface area contributed by atoms with Crippen LogP contribution in [-0.2, 0) is 0 Å². The maximum atomic E-state index is 13.1. The summed E-state index contributed by atoms with van der Waals surface area (Å²) in [5.41, 5.74) is -1.69. The van der Waals surface area contributed by atoms with Gasteiger partial charge in [0.25, 0.3) is 0 Å². The van der Waals surface area contributed by atoms with Crippen molar-refractivity contribution in [2.45, 2.75) is 60.1 Å². The van der Waals surface area contributed by atoms with E-state index in [0.29, 0.717) is 5.92 Å². The van der Waals surface area contributed by atoms with Gasteiger partial charge in [-0.05, 0) is 36.5 Å². The van der Waals surface area contributed by atoms with Crippen molar-refractivity contribution >= 4 is 0 Å². The fourth-order valence-electron chi connectivity index (χ4n) is 3.25. The van der Waals surface area contributed by atoms with Gasteiger partial charge in [0, 0.05) is 0 Å². The van der Waals surface area contributed by atoms with Gasteiger partial charge in [-0.2, -0.15) is 13.2 Å². The van der Waals surface area contributed by atoms with Crippen LogP contribution in [0.15, 0.2) is 0 Å². The summed E-state index contributed by atoms with van der Waals surface area (Å²) in [5, 5.41) is 0. The summed E-state index contributed by atoms with van der Waals surface area (Å²) >= 11 is 0. The van der Waals surface area contributed by atoms with Gasteiger partial charge in [0.15, 0.2) is 0 Å². The highest BCUT2D eigenvalue weighted by Gasteiger charge is 2.56. The predicted octanol–water partition coefficient (Wildman–Crippen LogP) is 5.04. The van der Waals surface area contributed by atoms with E-state index in [1.165, 1.54) is 6.92 Å². The average molecular weight is 236 g/mol. The maximum Gasteiger partial charge on any atom is 0.394 e. The summed E-state index contributed by atoms with van der Waals surface area (Å²) in [6.07, 6.45) is -2.61. The van der Waals surface area contributed by atoms with E-state index in [1.807, 2.05) is 27.7 Å². The lowest BCUT2D eigenvalue weighted by molar-refractivity contribution is -0.245. The van der Waals surface area contributed by atoms with Gasteiger partial charge in [-0.3, -0.25) is 0 Å². The highest BCUT2D eigenvalue weighted by atomic mass is 19.4. The molecule has 0 aromatic heterocycles. The third-order valence-corrected chi connectivity index (χ3v) is 4.02. The third-order valence-electron chi connectivity index (χ3n) is 4.02. The molecule has 0 aromatic carbocycles. The Morgan fingerprint density at radius 2 is 1.56 bits per heavy atom. The van der Waals surface area contributed by atoms with Crippen molar-refractivity contribution in [3.63, 3.8) is 0 Å². The molecule has 1 aliphatic rings. The first-order chi connectivity index (χ1) is 6.97. The molecule has 1 rings (SSSR count). The summed E-state index contributed by atoms with van der Waals surface area (Å²) in [6.45, 7) is 9.38. The van der Waals surface area contributed by atoms with Crippen LogP contribution in [0.4, 0.5) is 13.2 Å². The molecule has 0 N–H and O–H groups in total. The molecule has 1 unspecified atom stereocenters. The van der Waals surface area contributed by atoms with Crippen LogP contribution >= 0.6 is 0 Å². The zero-order valence-corrected chi connectivity index (χ0v) is 10.9. The maximum absolute atomic E-state index is 13.1. The largest absolute Gasteiger partial charge is 0.394 e. The van der Waals surface area contributed by atoms with E-state index >= 15 is 0 Å². The summed E-state index contributed by atoms with van der Waals surface area (Å²) in [6, 6.07) is 0. The van der Waals surface area contributed by atoms with Crippen molar-refractivity contribution in [1.29, 1.82) is 0 Å². The quantitative estimate of drug-likeness (QED) is 0.598. The highest BCUT2D eigenvalue weighted by Crippen LogP contribution is 2.57. The van der Waals surface area contributed by atoms with E-state index in [2.05, 4.69) is 0 Å². The van der Waals surface area contributed by atoms with Crippen LogP contribution in [0.5, 0.6) is 0 Å². The first-order valence-corrected chi connectivity index (χ1v) is 6.04. The molecule has 2 atom stereocenters. The number of hydrogen-bond acceptors (Lipinski definition) is 0. The van der Waals surface area contributed by atoms with Crippen LogP contribution in [0, 0.1) is 22.7 Å². The molecule has 96 valence electrons. The Morgan fingerprint density at radius 1 is 1.06 bits per heavy atom. The number of hydrogen-bond donors (Lipinski definition) is 0. The first kappa shape index (κ1) is 13.9. The van der Waals surface area contributed by atoms with Gasteiger partial charge in [0.05, 0.1) is 5.41 Å². The molecule has 0 aromatic rings. The van der Waals surface area contributed by atoms with E-state index in [4.69, 9.17) is 0 Å². The van der Waals surface area contributed by atoms with E-state index in [-0.39, 0.29) is 24.2 Å². The summed E-state index contributed by atoms with van der Waals surface area (Å²) in [5.74, 6) is 0.525. The lowest BCUT2D eigenvalue weighted by Crippen LogP contribution is -2.46. The van der Waals surface area contributed by atoms with Crippen molar-refractivity contribution < 1.29 is 13.2 Å². The Kier molecular flexibility index (Phi) is 3.39. The molecule has 3 heteroatoms. The molecular formula is C13H23F3. The van der Waals surface area contributed by atoms with Crippen LogP contribution in [0.2, 0.25) is 0 Å². The number of halogens is 3. The summed E-state index contributed by atoms with van der Waals surface area (Å²) in [4.78, 5) is 0. The molecule has 1 fully saturated rings. The number of alkyl halides is 3. The Bertz CT molecular complexity index is 252. The normalized spacial score (nSPS) is 35.4. The minimum absolute atomic E-state index is 0.190. The monoisotopic (exact) mass is 236 g/mol. The fourth-order valence-corrected chi connectivity index (χ4v) is 3.25. The van der Waals surface area contributed by atoms with Gasteiger partial charge in [-0.25, -0.2) is 0 Å². The molecule has 0 spiro atoms. The van der Waals surface area contributed by atoms with Crippen molar-refractivity contribution in [2.75, 3.05) is 0 Å². The zero-order valence-electron chi connectivity index (χ0n) is 10.9. The second-order valence-electron chi connectivity index (χ2n) is 6.81. The molecule has 1 aliphatic carbocycles. The minimum Gasteiger partial charge on any atom is -0.171 e. The van der Waals surface area contributed by atoms with Crippen LogP contribution in [0.1, 0.15) is 53.9 Å². The Balaban J connectivity index is 2.97. The van der Waals surface area contributed by atoms with Crippen molar-refractivity contribution in [1.82, 2.24) is 0 Å². The van der Waals surface area contributed by atoms with Crippen molar-refractivity contribution in [3.8, 4) is 0 Å². The fraction of sp³-hybridized carbons (Fsp3) is 1.00.